The van der Waals surface area contributed by atoms with Gasteiger partial charge in [0.25, 0.3) is 0 Å². The van der Waals surface area contributed by atoms with Crippen LogP contribution in [0.25, 0.3) is 0 Å². The van der Waals surface area contributed by atoms with E-state index in [1.165, 1.54) is 5.56 Å². The van der Waals surface area contributed by atoms with Crippen LogP contribution in [0.1, 0.15) is 10.5 Å². The summed E-state index contributed by atoms with van der Waals surface area (Å²) in [6.45, 7) is 0. The van der Waals surface area contributed by atoms with Gasteiger partial charge in [0.15, 0.2) is 0 Å². The molecule has 0 saturated carbocycles. The molecule has 1 aliphatic rings. The Bertz CT molecular complexity index is 767. The molecule has 0 radical (unpaired) electrons. The number of hydrazine groups is 1. The molecular formula is C20H17N3Se. The van der Waals surface area contributed by atoms with Crippen LogP contribution in [0.3, 0.4) is 0 Å². The zero-order valence-corrected chi connectivity index (χ0v) is 14.8. The van der Waals surface area contributed by atoms with Gasteiger partial charge in [-0.15, -0.1) is 0 Å². The van der Waals surface area contributed by atoms with Crippen molar-refractivity contribution in [3.05, 3.63) is 96.6 Å². The number of hydrogen-bond acceptors (Lipinski definition) is 3. The van der Waals surface area contributed by atoms with Crippen molar-refractivity contribution in [3.63, 3.8) is 0 Å². The molecule has 24 heavy (non-hydrogen) atoms. The fourth-order valence-electron chi connectivity index (χ4n) is 2.76. The molecule has 0 amide bonds. The van der Waals surface area contributed by atoms with Crippen molar-refractivity contribution in [1.82, 2.24) is 5.12 Å². The van der Waals surface area contributed by atoms with Crippen molar-refractivity contribution in [2.45, 2.75) is 4.94 Å². The van der Waals surface area contributed by atoms with Crippen LogP contribution < -0.4 is 5.01 Å². The van der Waals surface area contributed by atoms with E-state index in [4.69, 9.17) is 5.10 Å². The monoisotopic (exact) mass is 379 g/mol. The number of hydrazone groups is 1. The normalized spacial score (nSPS) is 16.3. The van der Waals surface area contributed by atoms with E-state index in [1.54, 1.807) is 0 Å². The Morgan fingerprint density at radius 1 is 0.708 bits per heavy atom. The Balaban J connectivity index is 1.77. The van der Waals surface area contributed by atoms with Crippen LogP contribution in [0.4, 0.5) is 11.4 Å². The molecule has 0 saturated heterocycles. The van der Waals surface area contributed by atoms with Crippen LogP contribution in [0.15, 0.2) is 96.1 Å². The van der Waals surface area contributed by atoms with E-state index in [-0.39, 0.29) is 4.94 Å². The molecule has 0 aliphatic carbocycles. The van der Waals surface area contributed by atoms with Crippen molar-refractivity contribution in [2.75, 3.05) is 5.01 Å². The average molecular weight is 378 g/mol. The van der Waals surface area contributed by atoms with Gasteiger partial charge in [0, 0.05) is 0 Å². The molecule has 3 aromatic rings. The van der Waals surface area contributed by atoms with E-state index in [2.05, 4.69) is 94.1 Å². The summed E-state index contributed by atoms with van der Waals surface area (Å²) in [5, 5.41) is 11.1. The molecular weight excluding hydrogens is 361 g/mol. The molecule has 3 nitrogen and oxygen atoms in total. The first-order valence-corrected chi connectivity index (χ1v) is 9.83. The summed E-state index contributed by atoms with van der Waals surface area (Å²) in [6, 6.07) is 31.4. The third-order valence-electron chi connectivity index (χ3n) is 3.86. The number of anilines is 2. The summed E-state index contributed by atoms with van der Waals surface area (Å²) in [7, 11) is 0. The van der Waals surface area contributed by atoms with Gasteiger partial charge in [0.05, 0.1) is 0 Å². The summed E-state index contributed by atoms with van der Waals surface area (Å²) in [6.07, 6.45) is 0. The third-order valence-corrected chi connectivity index (χ3v) is 5.82. The van der Waals surface area contributed by atoms with Crippen LogP contribution in [0, 0.1) is 0 Å². The Morgan fingerprint density at radius 2 is 1.21 bits per heavy atom. The van der Waals surface area contributed by atoms with Crippen LogP contribution in [0.5, 0.6) is 0 Å². The molecule has 0 aromatic heterocycles. The molecule has 0 N–H and O–H groups in total. The Hall–Kier alpha value is -2.55. The standard InChI is InChI=1S/C20H17N3Se/c1-4-10-17(11-5-1)20-23(21-16-24-20)22(18-12-6-2-7-13-18)19-14-8-3-9-15-19/h1-16,20H. The minimum absolute atomic E-state index is 0.263. The predicted octanol–water partition coefficient (Wildman–Crippen LogP) is 4.40. The molecule has 0 fully saturated rings. The predicted molar refractivity (Wildman–Crippen MR) is 100 cm³/mol. The number of para-hydroxylation sites is 2. The molecule has 118 valence electrons. The van der Waals surface area contributed by atoms with Crippen molar-refractivity contribution in [3.8, 4) is 0 Å². The fraction of sp³-hybridized carbons (Fsp3) is 0.0500. The van der Waals surface area contributed by atoms with Gasteiger partial charge in [-0.3, -0.25) is 0 Å². The molecule has 1 heterocycles. The molecule has 0 spiro atoms. The van der Waals surface area contributed by atoms with Gasteiger partial charge in [-0.2, -0.15) is 0 Å². The SMILES string of the molecule is C1=NN(N(c2ccccc2)c2ccccc2)C(c2ccccc2)[Se]1. The van der Waals surface area contributed by atoms with Gasteiger partial charge in [-0.25, -0.2) is 0 Å². The van der Waals surface area contributed by atoms with E-state index in [0.29, 0.717) is 15.0 Å². The van der Waals surface area contributed by atoms with Crippen LogP contribution in [0.2, 0.25) is 0 Å². The van der Waals surface area contributed by atoms with Gasteiger partial charge in [0.1, 0.15) is 0 Å². The summed E-state index contributed by atoms with van der Waals surface area (Å²) in [5.74, 6) is 0. The maximum absolute atomic E-state index is 4.71. The van der Waals surface area contributed by atoms with E-state index < -0.39 is 0 Å². The van der Waals surface area contributed by atoms with Gasteiger partial charge >= 0.3 is 148 Å². The first-order valence-electron chi connectivity index (χ1n) is 7.86. The number of hydrogen-bond donors (Lipinski definition) is 0. The van der Waals surface area contributed by atoms with Crippen LogP contribution in [-0.4, -0.2) is 25.2 Å². The van der Waals surface area contributed by atoms with E-state index >= 15 is 0 Å². The number of benzene rings is 3. The summed E-state index contributed by atoms with van der Waals surface area (Å²) >= 11 is 0.295. The first-order chi connectivity index (χ1) is 11.9. The Kier molecular flexibility index (Phi) is 4.32. The summed E-state index contributed by atoms with van der Waals surface area (Å²) in [4.78, 5) is 0.263. The van der Waals surface area contributed by atoms with E-state index in [9.17, 15) is 0 Å². The topological polar surface area (TPSA) is 18.8 Å². The quantitative estimate of drug-likeness (QED) is 0.627. The third kappa shape index (κ3) is 2.94. The second-order valence-electron chi connectivity index (χ2n) is 5.42. The van der Waals surface area contributed by atoms with E-state index in [0.717, 1.165) is 11.4 Å². The average Bonchev–Trinajstić information content (AvgIpc) is 3.14. The molecule has 4 heteroatoms. The molecule has 1 unspecified atom stereocenters. The number of rotatable bonds is 4. The van der Waals surface area contributed by atoms with Crippen molar-refractivity contribution < 1.29 is 0 Å². The molecule has 1 aliphatic heterocycles. The molecule has 4 rings (SSSR count). The van der Waals surface area contributed by atoms with Crippen LogP contribution >= 0.6 is 0 Å². The zero-order valence-electron chi connectivity index (χ0n) is 13.1. The van der Waals surface area contributed by atoms with Crippen molar-refractivity contribution in [2.24, 2.45) is 5.10 Å². The minimum atomic E-state index is 0.263. The van der Waals surface area contributed by atoms with Crippen LogP contribution in [-0.2, 0) is 0 Å². The maximum atomic E-state index is 4.71. The van der Waals surface area contributed by atoms with E-state index in [1.807, 2.05) is 12.1 Å². The van der Waals surface area contributed by atoms with Crippen molar-refractivity contribution in [1.29, 1.82) is 0 Å². The number of nitrogens with zero attached hydrogens (tertiary/aromatic N) is 3. The molecule has 3 aromatic carbocycles. The van der Waals surface area contributed by atoms with Gasteiger partial charge < -0.3 is 0 Å². The molecule has 0 bridgehead atoms. The molecule has 1 atom stereocenters. The van der Waals surface area contributed by atoms with Gasteiger partial charge in [0.2, 0.25) is 0 Å². The Labute approximate surface area is 148 Å². The second kappa shape index (κ2) is 6.91. The first kappa shape index (κ1) is 15.0. The summed E-state index contributed by atoms with van der Waals surface area (Å²) < 4.78 is 0. The zero-order chi connectivity index (χ0) is 16.2. The Morgan fingerprint density at radius 3 is 1.75 bits per heavy atom. The van der Waals surface area contributed by atoms with Gasteiger partial charge in [-0.05, 0) is 0 Å². The summed E-state index contributed by atoms with van der Waals surface area (Å²) in [5.41, 5.74) is 3.52. The second-order valence-corrected chi connectivity index (χ2v) is 7.37. The van der Waals surface area contributed by atoms with Crippen molar-refractivity contribution >= 4 is 31.4 Å². The van der Waals surface area contributed by atoms with Gasteiger partial charge in [-0.1, -0.05) is 0 Å². The fourth-order valence-corrected chi connectivity index (χ4v) is 4.52.